The molecule has 1 aromatic carbocycles. The van der Waals surface area contributed by atoms with Crippen LogP contribution in [0, 0.1) is 0 Å². The zero-order valence-electron chi connectivity index (χ0n) is 12.6. The summed E-state index contributed by atoms with van der Waals surface area (Å²) in [6, 6.07) is 5.14. The van der Waals surface area contributed by atoms with Crippen LogP contribution >= 0.6 is 23.2 Å². The number of benzene rings is 1. The minimum atomic E-state index is 0.0220. The van der Waals surface area contributed by atoms with E-state index in [1.54, 1.807) is 18.2 Å². The number of rotatable bonds is 7. The minimum Gasteiger partial charge on any atom is -0.492 e. The first kappa shape index (κ1) is 17.4. The van der Waals surface area contributed by atoms with E-state index in [0.29, 0.717) is 35.2 Å². The van der Waals surface area contributed by atoms with Crippen molar-refractivity contribution >= 4 is 29.1 Å². The molecule has 0 spiro atoms. The van der Waals surface area contributed by atoms with Gasteiger partial charge in [0.05, 0.1) is 23.8 Å². The van der Waals surface area contributed by atoms with Gasteiger partial charge in [0, 0.05) is 18.1 Å². The van der Waals surface area contributed by atoms with Crippen molar-refractivity contribution in [1.29, 1.82) is 0 Å². The predicted molar refractivity (Wildman–Crippen MR) is 87.8 cm³/mol. The van der Waals surface area contributed by atoms with Crippen molar-refractivity contribution in [1.82, 2.24) is 5.32 Å². The van der Waals surface area contributed by atoms with Gasteiger partial charge in [0.25, 0.3) is 0 Å². The van der Waals surface area contributed by atoms with Crippen molar-refractivity contribution < 1.29 is 14.3 Å². The fourth-order valence-electron chi connectivity index (χ4n) is 2.42. The van der Waals surface area contributed by atoms with E-state index in [2.05, 4.69) is 5.32 Å². The molecular weight excluding hydrogens is 325 g/mol. The number of ether oxygens (including phenoxy) is 2. The molecule has 6 heteroatoms. The fourth-order valence-corrected chi connectivity index (χ4v) is 2.89. The maximum atomic E-state index is 11.9. The fraction of sp³-hybridized carbons (Fsp3) is 0.562. The number of carbonyl (C=O) groups is 1. The summed E-state index contributed by atoms with van der Waals surface area (Å²) in [6.07, 6.45) is 3.28. The summed E-state index contributed by atoms with van der Waals surface area (Å²) in [5, 5.41) is 4.02. The Balaban J connectivity index is 1.64. The highest BCUT2D eigenvalue weighted by atomic mass is 35.5. The molecule has 4 nitrogen and oxygen atoms in total. The molecule has 22 heavy (non-hydrogen) atoms. The number of hydrogen-bond donors (Lipinski definition) is 1. The third-order valence-electron chi connectivity index (χ3n) is 3.61. The van der Waals surface area contributed by atoms with E-state index in [-0.39, 0.29) is 18.1 Å². The monoisotopic (exact) mass is 345 g/mol. The van der Waals surface area contributed by atoms with Gasteiger partial charge in [-0.2, -0.15) is 0 Å². The average Bonchev–Trinajstić information content (AvgIpc) is 2.99. The molecule has 0 bridgehead atoms. The molecule has 0 aliphatic carbocycles. The molecule has 1 amide bonds. The number of halogens is 2. The van der Waals surface area contributed by atoms with Gasteiger partial charge in [-0.25, -0.2) is 0 Å². The van der Waals surface area contributed by atoms with Crippen LogP contribution in [0.3, 0.4) is 0 Å². The zero-order valence-corrected chi connectivity index (χ0v) is 14.1. The first-order valence-corrected chi connectivity index (χ1v) is 8.30. The van der Waals surface area contributed by atoms with Gasteiger partial charge in [0.2, 0.25) is 5.91 Å². The Labute approximate surface area is 141 Å². The van der Waals surface area contributed by atoms with Crippen LogP contribution in [0.5, 0.6) is 5.75 Å². The number of nitrogens with one attached hydrogen (secondary N) is 1. The summed E-state index contributed by atoms with van der Waals surface area (Å²) in [5.41, 5.74) is 0. The van der Waals surface area contributed by atoms with Crippen molar-refractivity contribution in [3.05, 3.63) is 28.2 Å². The topological polar surface area (TPSA) is 47.6 Å². The SMILES string of the molecule is CC(NC(=O)CCCOc1ccc(Cl)cc1Cl)C1CCCO1. The molecule has 1 saturated heterocycles. The quantitative estimate of drug-likeness (QED) is 0.763. The second kappa shape index (κ2) is 8.61. The lowest BCUT2D eigenvalue weighted by atomic mass is 10.1. The molecule has 1 aliphatic rings. The zero-order chi connectivity index (χ0) is 15.9. The van der Waals surface area contributed by atoms with Crippen LogP contribution in [0.2, 0.25) is 10.0 Å². The van der Waals surface area contributed by atoms with E-state index >= 15 is 0 Å². The molecule has 1 N–H and O–H groups in total. The third kappa shape index (κ3) is 5.34. The van der Waals surface area contributed by atoms with Gasteiger partial charge in [-0.05, 0) is 44.4 Å². The molecule has 0 aromatic heterocycles. The lowest BCUT2D eigenvalue weighted by Crippen LogP contribution is -2.40. The summed E-state index contributed by atoms with van der Waals surface area (Å²) in [4.78, 5) is 11.9. The van der Waals surface area contributed by atoms with E-state index < -0.39 is 0 Å². The van der Waals surface area contributed by atoms with Gasteiger partial charge < -0.3 is 14.8 Å². The first-order chi connectivity index (χ1) is 10.6. The molecular formula is C16H21Cl2NO3. The van der Waals surface area contributed by atoms with Crippen LogP contribution < -0.4 is 10.1 Å². The maximum absolute atomic E-state index is 11.9. The summed E-state index contributed by atoms with van der Waals surface area (Å²) >= 11 is 11.8. The second-order valence-electron chi connectivity index (χ2n) is 5.43. The van der Waals surface area contributed by atoms with E-state index in [1.807, 2.05) is 6.92 Å². The van der Waals surface area contributed by atoms with E-state index in [9.17, 15) is 4.79 Å². The van der Waals surface area contributed by atoms with Gasteiger partial charge in [-0.15, -0.1) is 0 Å². The third-order valence-corrected chi connectivity index (χ3v) is 4.14. The van der Waals surface area contributed by atoms with Crippen molar-refractivity contribution in [3.8, 4) is 5.75 Å². The number of hydrogen-bond acceptors (Lipinski definition) is 3. The van der Waals surface area contributed by atoms with Crippen LogP contribution in [0.4, 0.5) is 0 Å². The van der Waals surface area contributed by atoms with Crippen LogP contribution in [0.1, 0.15) is 32.6 Å². The van der Waals surface area contributed by atoms with Gasteiger partial charge in [0.1, 0.15) is 5.75 Å². The summed E-state index contributed by atoms with van der Waals surface area (Å²) in [7, 11) is 0. The molecule has 1 fully saturated rings. The van der Waals surface area contributed by atoms with Gasteiger partial charge >= 0.3 is 0 Å². The standard InChI is InChI=1S/C16H21Cl2NO3/c1-11(14-4-2-8-21-14)19-16(20)5-3-9-22-15-7-6-12(17)10-13(15)18/h6-7,10-11,14H,2-5,8-9H2,1H3,(H,19,20). The minimum absolute atomic E-state index is 0.0220. The smallest absolute Gasteiger partial charge is 0.220 e. The van der Waals surface area contributed by atoms with Crippen LogP contribution in [-0.4, -0.2) is 31.3 Å². The van der Waals surface area contributed by atoms with Gasteiger partial charge in [-0.1, -0.05) is 23.2 Å². The highest BCUT2D eigenvalue weighted by Gasteiger charge is 2.23. The van der Waals surface area contributed by atoms with Crippen LogP contribution in [0.15, 0.2) is 18.2 Å². The summed E-state index contributed by atoms with van der Waals surface area (Å²) in [5.74, 6) is 0.605. The molecule has 2 unspecified atom stereocenters. The number of carbonyl (C=O) groups excluding carboxylic acids is 1. The Bertz CT molecular complexity index is 504. The molecule has 0 saturated carbocycles. The Morgan fingerprint density at radius 2 is 2.32 bits per heavy atom. The highest BCUT2D eigenvalue weighted by Crippen LogP contribution is 2.27. The lowest BCUT2D eigenvalue weighted by molar-refractivity contribution is -0.122. The largest absolute Gasteiger partial charge is 0.492 e. The Morgan fingerprint density at radius 1 is 1.50 bits per heavy atom. The van der Waals surface area contributed by atoms with E-state index in [4.69, 9.17) is 32.7 Å². The average molecular weight is 346 g/mol. The van der Waals surface area contributed by atoms with Crippen LogP contribution in [-0.2, 0) is 9.53 Å². The van der Waals surface area contributed by atoms with Gasteiger partial charge in [-0.3, -0.25) is 4.79 Å². The molecule has 2 rings (SSSR count). The molecule has 0 radical (unpaired) electrons. The van der Waals surface area contributed by atoms with Gasteiger partial charge in [0.15, 0.2) is 0 Å². The Hall–Kier alpha value is -0.970. The molecule has 1 aliphatic heterocycles. The molecule has 122 valence electrons. The normalized spacial score (nSPS) is 19.0. The molecule has 1 heterocycles. The van der Waals surface area contributed by atoms with Crippen LogP contribution in [0.25, 0.3) is 0 Å². The molecule has 2 atom stereocenters. The summed E-state index contributed by atoms with van der Waals surface area (Å²) in [6.45, 7) is 3.21. The van der Waals surface area contributed by atoms with Crippen molar-refractivity contribution in [2.45, 2.75) is 44.8 Å². The van der Waals surface area contributed by atoms with Crippen molar-refractivity contribution in [2.24, 2.45) is 0 Å². The van der Waals surface area contributed by atoms with Crippen molar-refractivity contribution in [2.75, 3.05) is 13.2 Å². The Kier molecular flexibility index (Phi) is 6.80. The second-order valence-corrected chi connectivity index (χ2v) is 6.28. The number of amides is 1. The van der Waals surface area contributed by atoms with Crippen molar-refractivity contribution in [3.63, 3.8) is 0 Å². The summed E-state index contributed by atoms with van der Waals surface area (Å²) < 4.78 is 11.1. The lowest BCUT2D eigenvalue weighted by Gasteiger charge is -2.20. The van der Waals surface area contributed by atoms with E-state index in [1.165, 1.54) is 0 Å². The Morgan fingerprint density at radius 3 is 3.00 bits per heavy atom. The maximum Gasteiger partial charge on any atom is 0.220 e. The highest BCUT2D eigenvalue weighted by molar-refractivity contribution is 6.35. The molecule has 1 aromatic rings. The first-order valence-electron chi connectivity index (χ1n) is 7.55. The predicted octanol–water partition coefficient (Wildman–Crippen LogP) is 3.84. The van der Waals surface area contributed by atoms with E-state index in [0.717, 1.165) is 19.4 Å².